The number of hydrogen-bond donors (Lipinski definition) is 3. The van der Waals surface area contributed by atoms with Gasteiger partial charge in [-0.2, -0.15) is 0 Å². The number of aromatic nitrogens is 2. The number of aliphatic carboxylic acids is 2. The molecule has 0 amide bonds. The van der Waals surface area contributed by atoms with Gasteiger partial charge in [-0.1, -0.05) is 23.8 Å². The number of pyridine rings is 2. The molecule has 11 heteroatoms. The Morgan fingerprint density at radius 1 is 0.732 bits per heavy atom. The van der Waals surface area contributed by atoms with Crippen LogP contribution in [0.2, 0.25) is 0 Å². The Morgan fingerprint density at radius 2 is 1.27 bits per heavy atom. The van der Waals surface area contributed by atoms with Gasteiger partial charge in [-0.3, -0.25) is 19.2 Å². The Labute approximate surface area is 232 Å². The van der Waals surface area contributed by atoms with Gasteiger partial charge < -0.3 is 24.5 Å². The zero-order valence-corrected chi connectivity index (χ0v) is 22.1. The normalized spacial score (nSPS) is 11.0. The minimum atomic E-state index is -1.28. The minimum absolute atomic E-state index is 0.00709. The van der Waals surface area contributed by atoms with Gasteiger partial charge in [0, 0.05) is 35.7 Å². The predicted octanol–water partition coefficient (Wildman–Crippen LogP) is 3.90. The molecule has 212 valence electrons. The van der Waals surface area contributed by atoms with E-state index in [2.05, 4.69) is 0 Å². The molecule has 4 rings (SSSR count). The highest BCUT2D eigenvalue weighted by molar-refractivity contribution is 5.73. The van der Waals surface area contributed by atoms with Crippen molar-refractivity contribution in [3.05, 3.63) is 109 Å². The first-order valence-electron chi connectivity index (χ1n) is 12.5. The van der Waals surface area contributed by atoms with E-state index >= 15 is 0 Å². The molecule has 0 saturated carbocycles. The Balaban J connectivity index is 1.81. The molecule has 0 atom stereocenters. The molecule has 0 spiro atoms. The molecule has 0 saturated heterocycles. The number of nitrogens with zero attached hydrogens (tertiary/aromatic N) is 2. The third-order valence-electron chi connectivity index (χ3n) is 6.70. The summed E-state index contributed by atoms with van der Waals surface area (Å²) in [4.78, 5) is 47.6. The maximum absolute atomic E-state index is 14.2. The zero-order chi connectivity index (χ0) is 30.0. The number of rotatable bonds is 9. The third-order valence-corrected chi connectivity index (χ3v) is 6.70. The number of benzene rings is 2. The van der Waals surface area contributed by atoms with Crippen molar-refractivity contribution in [1.29, 1.82) is 0 Å². The van der Waals surface area contributed by atoms with Crippen LogP contribution in [0.25, 0.3) is 22.3 Å². The van der Waals surface area contributed by atoms with Crippen LogP contribution in [0.5, 0.6) is 5.75 Å². The maximum Gasteiger partial charge on any atom is 0.323 e. The Hall–Kier alpha value is -5.06. The first-order chi connectivity index (χ1) is 19.3. The highest BCUT2D eigenvalue weighted by atomic mass is 19.1. The van der Waals surface area contributed by atoms with Crippen LogP contribution in [0.1, 0.15) is 22.3 Å². The first-order valence-corrected chi connectivity index (χ1v) is 12.5. The molecule has 0 fully saturated rings. The van der Waals surface area contributed by atoms with Crippen molar-refractivity contribution in [3.63, 3.8) is 0 Å². The highest BCUT2D eigenvalue weighted by Gasteiger charge is 2.18. The fourth-order valence-corrected chi connectivity index (χ4v) is 4.72. The second-order valence-electron chi connectivity index (χ2n) is 9.75. The van der Waals surface area contributed by atoms with E-state index in [1.54, 1.807) is 6.92 Å². The van der Waals surface area contributed by atoms with Crippen LogP contribution in [0.15, 0.2) is 64.4 Å². The lowest BCUT2D eigenvalue weighted by Crippen LogP contribution is -2.24. The molecule has 4 aromatic rings. The summed E-state index contributed by atoms with van der Waals surface area (Å²) in [7, 11) is 0. The van der Waals surface area contributed by atoms with Crippen molar-refractivity contribution >= 4 is 11.9 Å². The largest absolute Gasteiger partial charge is 0.503 e. The molecular formula is C30H26F2N2O7. The summed E-state index contributed by atoms with van der Waals surface area (Å²) in [6.07, 6.45) is 3.24. The quantitative estimate of drug-likeness (QED) is 0.280. The van der Waals surface area contributed by atoms with Gasteiger partial charge in [-0.25, -0.2) is 8.78 Å². The van der Waals surface area contributed by atoms with Crippen molar-refractivity contribution in [1.82, 2.24) is 9.13 Å². The fourth-order valence-electron chi connectivity index (χ4n) is 4.72. The molecule has 3 N–H and O–H groups in total. The van der Waals surface area contributed by atoms with E-state index < -0.39 is 53.5 Å². The fraction of sp³-hybridized carbons (Fsp3) is 0.200. The zero-order valence-electron chi connectivity index (χ0n) is 22.1. The molecule has 0 aliphatic rings. The standard InChI is InChI=1S/C30H26F2N2O7/c1-16-3-4-18(21(7-16)22-12-33(14-28(37)38)26(35)8-17(22)2)5-6-19-11-27(36)34(15-29(39)40)13-23(19)20-9-24(31)30(41)25(32)10-20/h3-4,7-13,41H,5-6,14-15H2,1-2H3,(H,37,38)(H,39,40). The summed E-state index contributed by atoms with van der Waals surface area (Å²) in [5, 5.41) is 28.0. The number of carbonyl (C=O) groups is 2. The second-order valence-corrected chi connectivity index (χ2v) is 9.75. The third kappa shape index (κ3) is 6.40. The van der Waals surface area contributed by atoms with E-state index in [-0.39, 0.29) is 17.5 Å². The van der Waals surface area contributed by atoms with Gasteiger partial charge in [0.25, 0.3) is 11.1 Å². The van der Waals surface area contributed by atoms with E-state index in [4.69, 9.17) is 0 Å². The van der Waals surface area contributed by atoms with Gasteiger partial charge in [-0.15, -0.1) is 0 Å². The van der Waals surface area contributed by atoms with E-state index in [0.717, 1.165) is 38.0 Å². The molecular weight excluding hydrogens is 538 g/mol. The molecule has 0 unspecified atom stereocenters. The van der Waals surface area contributed by atoms with Crippen LogP contribution in [0.3, 0.4) is 0 Å². The molecule has 0 aliphatic carbocycles. The minimum Gasteiger partial charge on any atom is -0.503 e. The summed E-state index contributed by atoms with van der Waals surface area (Å²) in [5.41, 5.74) is 3.25. The Kier molecular flexibility index (Phi) is 8.18. The van der Waals surface area contributed by atoms with Crippen LogP contribution in [0, 0.1) is 25.5 Å². The number of aryl methyl sites for hydroxylation is 4. The monoisotopic (exact) mass is 564 g/mol. The number of hydrogen-bond acceptors (Lipinski definition) is 5. The molecule has 41 heavy (non-hydrogen) atoms. The van der Waals surface area contributed by atoms with Gasteiger partial charge in [-0.05, 0) is 66.6 Å². The average molecular weight is 565 g/mol. The smallest absolute Gasteiger partial charge is 0.323 e. The van der Waals surface area contributed by atoms with Gasteiger partial charge in [0.2, 0.25) is 0 Å². The SMILES string of the molecule is Cc1ccc(CCc2cc(=O)n(CC(=O)O)cc2-c2cc(F)c(O)c(F)c2)c(-c2cn(CC(=O)O)c(=O)cc2C)c1. The number of aromatic hydroxyl groups is 1. The lowest BCUT2D eigenvalue weighted by Gasteiger charge is -2.17. The van der Waals surface area contributed by atoms with E-state index in [1.807, 2.05) is 25.1 Å². The van der Waals surface area contributed by atoms with Crippen molar-refractivity contribution in [2.45, 2.75) is 39.8 Å². The molecule has 0 radical (unpaired) electrons. The number of halogens is 2. The Morgan fingerprint density at radius 3 is 1.85 bits per heavy atom. The molecule has 2 aromatic carbocycles. The molecule has 0 bridgehead atoms. The van der Waals surface area contributed by atoms with Gasteiger partial charge in [0.05, 0.1) is 0 Å². The number of carboxylic acid groups (broad SMARTS) is 2. The van der Waals surface area contributed by atoms with Crippen molar-refractivity contribution in [2.75, 3.05) is 0 Å². The van der Waals surface area contributed by atoms with Crippen LogP contribution < -0.4 is 11.1 Å². The van der Waals surface area contributed by atoms with Crippen molar-refractivity contribution in [2.24, 2.45) is 0 Å². The van der Waals surface area contributed by atoms with Gasteiger partial charge >= 0.3 is 11.9 Å². The number of carboxylic acids is 2. The van der Waals surface area contributed by atoms with Crippen LogP contribution >= 0.6 is 0 Å². The van der Waals surface area contributed by atoms with Crippen LogP contribution in [-0.2, 0) is 35.5 Å². The second kappa shape index (κ2) is 11.6. The average Bonchev–Trinajstić information content (AvgIpc) is 2.88. The molecule has 0 aliphatic heterocycles. The molecule has 2 aromatic heterocycles. The lowest BCUT2D eigenvalue weighted by atomic mass is 9.91. The summed E-state index contributed by atoms with van der Waals surface area (Å²) in [6.45, 7) is 2.44. The van der Waals surface area contributed by atoms with E-state index in [9.17, 15) is 43.3 Å². The highest BCUT2D eigenvalue weighted by Crippen LogP contribution is 2.32. The predicted molar refractivity (Wildman–Crippen MR) is 146 cm³/mol. The van der Waals surface area contributed by atoms with Gasteiger partial charge in [0.1, 0.15) is 13.1 Å². The number of phenolic OH excluding ortho intramolecular Hbond substituents is 1. The van der Waals surface area contributed by atoms with Crippen LogP contribution in [-0.4, -0.2) is 36.4 Å². The van der Waals surface area contributed by atoms with Crippen LogP contribution in [0.4, 0.5) is 8.78 Å². The summed E-state index contributed by atoms with van der Waals surface area (Å²) in [5.74, 6) is -6.03. The molecule has 2 heterocycles. The Bertz CT molecular complexity index is 1780. The lowest BCUT2D eigenvalue weighted by molar-refractivity contribution is -0.138. The summed E-state index contributed by atoms with van der Waals surface area (Å²) >= 11 is 0. The van der Waals surface area contributed by atoms with E-state index in [1.165, 1.54) is 24.5 Å². The van der Waals surface area contributed by atoms with Crippen molar-refractivity contribution < 1.29 is 33.7 Å². The molecule has 9 nitrogen and oxygen atoms in total. The maximum atomic E-state index is 14.2. The first kappa shape index (κ1) is 28.9. The van der Waals surface area contributed by atoms with E-state index in [0.29, 0.717) is 23.1 Å². The topological polar surface area (TPSA) is 139 Å². The van der Waals surface area contributed by atoms with Gasteiger partial charge in [0.15, 0.2) is 17.4 Å². The van der Waals surface area contributed by atoms with Crippen molar-refractivity contribution in [3.8, 4) is 28.0 Å². The number of phenols is 1. The summed E-state index contributed by atoms with van der Waals surface area (Å²) in [6, 6.07) is 10.0. The summed E-state index contributed by atoms with van der Waals surface area (Å²) < 4.78 is 30.5.